The van der Waals surface area contributed by atoms with Crippen molar-refractivity contribution in [2.75, 3.05) is 10.6 Å². The maximum Gasteiger partial charge on any atom is 0.323 e. The number of hydrogen-bond donors (Lipinski definition) is 2. The van der Waals surface area contributed by atoms with Crippen LogP contribution in [0.2, 0.25) is 0 Å². The van der Waals surface area contributed by atoms with Gasteiger partial charge in [-0.05, 0) is 60.4 Å². The fourth-order valence-corrected chi connectivity index (χ4v) is 3.08. The molecule has 0 radical (unpaired) electrons. The van der Waals surface area contributed by atoms with Crippen LogP contribution in [-0.2, 0) is 0 Å². The van der Waals surface area contributed by atoms with E-state index in [9.17, 15) is 4.79 Å². The van der Waals surface area contributed by atoms with E-state index in [4.69, 9.17) is 4.42 Å². The molecule has 2 amide bonds. The van der Waals surface area contributed by atoms with Crippen LogP contribution in [0.15, 0.2) is 77.9 Å². The fraction of sp³-hybridized carbons (Fsp3) is 0.0870. The van der Waals surface area contributed by atoms with Crippen molar-refractivity contribution in [2.24, 2.45) is 0 Å². The molecule has 0 saturated heterocycles. The molecule has 4 aromatic rings. The van der Waals surface area contributed by atoms with E-state index in [1.54, 1.807) is 24.7 Å². The number of hydrogen-bond acceptors (Lipinski definition) is 4. The van der Waals surface area contributed by atoms with Crippen LogP contribution < -0.4 is 10.6 Å². The third kappa shape index (κ3) is 4.16. The lowest BCUT2D eigenvalue weighted by Crippen LogP contribution is -2.19. The van der Waals surface area contributed by atoms with Crippen molar-refractivity contribution >= 4 is 17.4 Å². The summed E-state index contributed by atoms with van der Waals surface area (Å²) >= 11 is 0. The number of aryl methyl sites for hydroxylation is 2. The van der Waals surface area contributed by atoms with E-state index in [0.717, 1.165) is 39.3 Å². The molecule has 0 fully saturated rings. The van der Waals surface area contributed by atoms with Crippen LogP contribution in [0.25, 0.3) is 22.5 Å². The summed E-state index contributed by atoms with van der Waals surface area (Å²) in [5.74, 6) is 0.729. The van der Waals surface area contributed by atoms with Crippen LogP contribution in [0.1, 0.15) is 11.1 Å². The third-order valence-corrected chi connectivity index (χ3v) is 4.68. The van der Waals surface area contributed by atoms with Crippen LogP contribution in [0.5, 0.6) is 0 Å². The summed E-state index contributed by atoms with van der Waals surface area (Å²) in [7, 11) is 0. The topological polar surface area (TPSA) is 80.0 Å². The second-order valence-electron chi connectivity index (χ2n) is 6.74. The van der Waals surface area contributed by atoms with E-state index >= 15 is 0 Å². The Morgan fingerprint density at radius 2 is 1.66 bits per heavy atom. The number of benzene rings is 2. The molecule has 2 aromatic heterocycles. The summed E-state index contributed by atoms with van der Waals surface area (Å²) in [6.45, 7) is 3.96. The molecular formula is C23H20N4O2. The fourth-order valence-electron chi connectivity index (χ4n) is 3.08. The molecule has 0 bridgehead atoms. The van der Waals surface area contributed by atoms with Gasteiger partial charge in [-0.2, -0.15) is 0 Å². The van der Waals surface area contributed by atoms with Gasteiger partial charge in [0, 0.05) is 29.3 Å². The largest absolute Gasteiger partial charge is 0.444 e. The number of urea groups is 1. The first-order valence-corrected chi connectivity index (χ1v) is 9.19. The van der Waals surface area contributed by atoms with Gasteiger partial charge in [-0.25, -0.2) is 9.78 Å². The Kier molecular flexibility index (Phi) is 5.07. The van der Waals surface area contributed by atoms with E-state index < -0.39 is 0 Å². The highest BCUT2D eigenvalue weighted by molar-refractivity contribution is 6.00. The van der Waals surface area contributed by atoms with Crippen molar-refractivity contribution < 1.29 is 9.21 Å². The molecule has 4 rings (SSSR count). The lowest BCUT2D eigenvalue weighted by molar-refractivity contribution is 0.262. The molecule has 2 N–H and O–H groups in total. The van der Waals surface area contributed by atoms with E-state index in [2.05, 4.69) is 39.7 Å². The zero-order chi connectivity index (χ0) is 20.2. The summed E-state index contributed by atoms with van der Waals surface area (Å²) in [5, 5.41) is 5.68. The first kappa shape index (κ1) is 18.4. The van der Waals surface area contributed by atoms with Gasteiger partial charge in [-0.1, -0.05) is 24.3 Å². The Hall–Kier alpha value is -3.93. The predicted molar refractivity (Wildman–Crippen MR) is 114 cm³/mol. The maximum absolute atomic E-state index is 12.3. The molecule has 6 heteroatoms. The highest BCUT2D eigenvalue weighted by atomic mass is 16.3. The standard InChI is InChI=1S/C23H20N4O2/c1-15-3-4-18(22-13-25-14-29-22)11-20(15)17-5-7-19(8-6-17)26-23(28)27-21-9-10-24-12-16(21)2/h3-14H,1-2H3,(H2,24,26,27,28). The predicted octanol–water partition coefficient (Wildman–Crippen LogP) is 5.66. The molecule has 0 spiro atoms. The molecule has 0 saturated carbocycles. The Labute approximate surface area is 168 Å². The van der Waals surface area contributed by atoms with Crippen LogP contribution in [0.4, 0.5) is 16.2 Å². The third-order valence-electron chi connectivity index (χ3n) is 4.68. The van der Waals surface area contributed by atoms with Crippen molar-refractivity contribution in [3.63, 3.8) is 0 Å². The average Bonchev–Trinajstić information content (AvgIpc) is 3.26. The first-order valence-electron chi connectivity index (χ1n) is 9.19. The number of amides is 2. The molecule has 2 heterocycles. The molecule has 0 aliphatic carbocycles. The maximum atomic E-state index is 12.3. The van der Waals surface area contributed by atoms with Crippen molar-refractivity contribution in [1.29, 1.82) is 0 Å². The second-order valence-corrected chi connectivity index (χ2v) is 6.74. The average molecular weight is 384 g/mol. The van der Waals surface area contributed by atoms with Gasteiger partial charge >= 0.3 is 6.03 Å². The lowest BCUT2D eigenvalue weighted by Gasteiger charge is -2.11. The SMILES string of the molecule is Cc1cnccc1NC(=O)Nc1ccc(-c2cc(-c3cnco3)ccc2C)cc1. The zero-order valence-electron chi connectivity index (χ0n) is 16.1. The van der Waals surface area contributed by atoms with Crippen LogP contribution in [0.3, 0.4) is 0 Å². The molecule has 2 aromatic carbocycles. The number of pyridine rings is 1. The minimum Gasteiger partial charge on any atom is -0.444 e. The van der Waals surface area contributed by atoms with Crippen molar-refractivity contribution in [1.82, 2.24) is 9.97 Å². The minimum absolute atomic E-state index is 0.296. The Bertz CT molecular complexity index is 1140. The molecule has 6 nitrogen and oxygen atoms in total. The van der Waals surface area contributed by atoms with E-state index in [1.807, 2.05) is 37.3 Å². The van der Waals surface area contributed by atoms with Gasteiger partial charge in [0.25, 0.3) is 0 Å². The summed E-state index contributed by atoms with van der Waals surface area (Å²) in [4.78, 5) is 20.3. The normalized spacial score (nSPS) is 10.6. The molecule has 0 aliphatic rings. The number of aromatic nitrogens is 2. The number of anilines is 2. The van der Waals surface area contributed by atoms with Crippen LogP contribution in [0, 0.1) is 13.8 Å². The van der Waals surface area contributed by atoms with Crippen LogP contribution in [-0.4, -0.2) is 16.0 Å². The van der Waals surface area contributed by atoms with Crippen molar-refractivity contribution in [3.05, 3.63) is 84.6 Å². The minimum atomic E-state index is -0.296. The van der Waals surface area contributed by atoms with Gasteiger partial charge in [-0.15, -0.1) is 0 Å². The van der Waals surface area contributed by atoms with Gasteiger partial charge < -0.3 is 15.1 Å². The van der Waals surface area contributed by atoms with E-state index in [0.29, 0.717) is 5.69 Å². The zero-order valence-corrected chi connectivity index (χ0v) is 16.1. The summed E-state index contributed by atoms with van der Waals surface area (Å²) in [5.41, 5.74) is 6.62. The highest BCUT2D eigenvalue weighted by Gasteiger charge is 2.09. The quantitative estimate of drug-likeness (QED) is 0.475. The number of carbonyl (C=O) groups is 1. The smallest absolute Gasteiger partial charge is 0.323 e. The first-order chi connectivity index (χ1) is 14.1. The van der Waals surface area contributed by atoms with Gasteiger partial charge in [-0.3, -0.25) is 4.98 Å². The number of nitrogens with zero attached hydrogens (tertiary/aromatic N) is 2. The Balaban J connectivity index is 1.50. The lowest BCUT2D eigenvalue weighted by atomic mass is 9.97. The van der Waals surface area contributed by atoms with Gasteiger partial charge in [0.15, 0.2) is 12.2 Å². The number of nitrogens with one attached hydrogen (secondary N) is 2. The second kappa shape index (κ2) is 7.98. The number of carbonyl (C=O) groups excluding carboxylic acids is 1. The molecule has 0 atom stereocenters. The Morgan fingerprint density at radius 1 is 0.862 bits per heavy atom. The number of oxazole rings is 1. The van der Waals surface area contributed by atoms with Crippen molar-refractivity contribution in [2.45, 2.75) is 13.8 Å². The molecule has 29 heavy (non-hydrogen) atoms. The van der Waals surface area contributed by atoms with Gasteiger partial charge in [0.05, 0.1) is 6.20 Å². The summed E-state index contributed by atoms with van der Waals surface area (Å²) in [6, 6.07) is 15.4. The summed E-state index contributed by atoms with van der Waals surface area (Å²) < 4.78 is 5.40. The van der Waals surface area contributed by atoms with Gasteiger partial charge in [0.1, 0.15) is 0 Å². The van der Waals surface area contributed by atoms with Crippen molar-refractivity contribution in [3.8, 4) is 22.5 Å². The molecule has 144 valence electrons. The molecule has 0 aliphatic heterocycles. The Morgan fingerprint density at radius 3 is 2.38 bits per heavy atom. The number of rotatable bonds is 4. The molecular weight excluding hydrogens is 364 g/mol. The highest BCUT2D eigenvalue weighted by Crippen LogP contribution is 2.30. The van der Waals surface area contributed by atoms with Crippen LogP contribution >= 0.6 is 0 Å². The van der Waals surface area contributed by atoms with E-state index in [-0.39, 0.29) is 6.03 Å². The summed E-state index contributed by atoms with van der Waals surface area (Å²) in [6.07, 6.45) is 6.48. The monoisotopic (exact) mass is 384 g/mol. The molecule has 0 unspecified atom stereocenters. The van der Waals surface area contributed by atoms with Gasteiger partial charge in [0.2, 0.25) is 0 Å². The van der Waals surface area contributed by atoms with E-state index in [1.165, 1.54) is 6.39 Å².